The highest BCUT2D eigenvalue weighted by molar-refractivity contribution is 5.85. The van der Waals surface area contributed by atoms with Crippen LogP contribution in [0.1, 0.15) is 25.6 Å². The highest BCUT2D eigenvalue weighted by Gasteiger charge is 2.16. The minimum Gasteiger partial charge on any atom is -0.461 e. The molecule has 0 atom stereocenters. The first kappa shape index (κ1) is 12.1. The molecule has 4 aromatic rings. The van der Waals surface area contributed by atoms with E-state index < -0.39 is 0 Å². The van der Waals surface area contributed by atoms with E-state index >= 15 is 0 Å². The molecule has 0 unspecified atom stereocenters. The molecule has 4 heterocycles. The number of H-pyrrole nitrogens is 1. The van der Waals surface area contributed by atoms with Crippen molar-refractivity contribution in [2.24, 2.45) is 0 Å². The first-order valence-corrected chi connectivity index (χ1v) is 6.99. The van der Waals surface area contributed by atoms with Crippen LogP contribution < -0.4 is 0 Å². The summed E-state index contributed by atoms with van der Waals surface area (Å²) in [6.07, 6.45) is 6.23. The fourth-order valence-corrected chi connectivity index (χ4v) is 2.37. The third-order valence-electron chi connectivity index (χ3n) is 3.43. The lowest BCUT2D eigenvalue weighted by Crippen LogP contribution is -2.03. The van der Waals surface area contributed by atoms with Gasteiger partial charge in [-0.2, -0.15) is 4.52 Å². The number of imidazole rings is 1. The highest BCUT2D eigenvalue weighted by Crippen LogP contribution is 2.21. The van der Waals surface area contributed by atoms with Gasteiger partial charge in [-0.1, -0.05) is 13.3 Å². The molecular weight excluding hydrogens is 268 g/mol. The third-order valence-corrected chi connectivity index (χ3v) is 3.43. The largest absolute Gasteiger partial charge is 0.461 e. The van der Waals surface area contributed by atoms with Crippen LogP contribution in [0.25, 0.3) is 28.4 Å². The lowest BCUT2D eigenvalue weighted by molar-refractivity contribution is 0.576. The topological polar surface area (TPSA) is 84.9 Å². The fourth-order valence-electron chi connectivity index (χ4n) is 2.37. The van der Waals surface area contributed by atoms with Gasteiger partial charge in [0.25, 0.3) is 0 Å². The molecule has 0 aromatic carbocycles. The van der Waals surface area contributed by atoms with Crippen LogP contribution in [0, 0.1) is 0 Å². The molecule has 21 heavy (non-hydrogen) atoms. The van der Waals surface area contributed by atoms with Gasteiger partial charge in [0.1, 0.15) is 11.3 Å². The molecule has 0 fully saturated rings. The maximum absolute atomic E-state index is 5.38. The summed E-state index contributed by atoms with van der Waals surface area (Å²) in [6, 6.07) is 3.67. The van der Waals surface area contributed by atoms with Crippen LogP contribution in [-0.2, 0) is 6.42 Å². The van der Waals surface area contributed by atoms with Crippen LogP contribution >= 0.6 is 0 Å². The Morgan fingerprint density at radius 3 is 3.10 bits per heavy atom. The average Bonchev–Trinajstić information content (AvgIpc) is 3.20. The molecular formula is C14H14N6O. The minimum atomic E-state index is 0.557. The molecule has 0 saturated carbocycles. The highest BCUT2D eigenvalue weighted by atomic mass is 16.3. The van der Waals surface area contributed by atoms with Gasteiger partial charge in [-0.25, -0.2) is 15.0 Å². The summed E-state index contributed by atoms with van der Waals surface area (Å²) >= 11 is 0. The summed E-state index contributed by atoms with van der Waals surface area (Å²) in [7, 11) is 0. The molecule has 1 N–H and O–H groups in total. The van der Waals surface area contributed by atoms with Gasteiger partial charge in [0, 0.05) is 6.42 Å². The predicted molar refractivity (Wildman–Crippen MR) is 76.7 cm³/mol. The van der Waals surface area contributed by atoms with Gasteiger partial charge < -0.3 is 9.40 Å². The molecule has 0 amide bonds. The summed E-state index contributed by atoms with van der Waals surface area (Å²) < 4.78 is 7.16. The molecule has 7 heteroatoms. The van der Waals surface area contributed by atoms with Crippen LogP contribution in [0.15, 0.2) is 29.1 Å². The molecule has 4 aromatic heterocycles. The van der Waals surface area contributed by atoms with Crippen LogP contribution in [0.5, 0.6) is 0 Å². The van der Waals surface area contributed by atoms with Gasteiger partial charge in [-0.05, 0) is 18.6 Å². The number of aromatic amines is 1. The van der Waals surface area contributed by atoms with Crippen molar-refractivity contribution in [1.82, 2.24) is 29.5 Å². The summed E-state index contributed by atoms with van der Waals surface area (Å²) in [4.78, 5) is 16.5. The standard InChI is InChI=1S/C14H14N6O/c1-2-3-6-10-17-13-11(15-8-16-13)14-18-12(19-20(10)14)9-5-4-7-21-9/h4-5,7-8H,2-3,6H2,1H3,(H,15,16). The third kappa shape index (κ3) is 1.89. The second-order valence-corrected chi connectivity index (χ2v) is 4.88. The van der Waals surface area contributed by atoms with E-state index in [1.54, 1.807) is 17.1 Å². The van der Waals surface area contributed by atoms with Gasteiger partial charge in [-0.3, -0.25) is 0 Å². The van der Waals surface area contributed by atoms with Crippen molar-refractivity contribution in [2.45, 2.75) is 26.2 Å². The number of fused-ring (bicyclic) bond motifs is 3. The number of hydrogen-bond donors (Lipinski definition) is 1. The molecule has 0 aliphatic carbocycles. The Morgan fingerprint density at radius 2 is 2.29 bits per heavy atom. The predicted octanol–water partition coefficient (Wildman–Crippen LogP) is 2.60. The Balaban J connectivity index is 1.97. The number of unbranched alkanes of at least 4 members (excludes halogenated alkanes) is 1. The minimum absolute atomic E-state index is 0.557. The van der Waals surface area contributed by atoms with E-state index in [0.717, 1.165) is 36.3 Å². The van der Waals surface area contributed by atoms with E-state index in [1.807, 2.05) is 12.1 Å². The summed E-state index contributed by atoms with van der Waals surface area (Å²) in [5, 5.41) is 4.54. The van der Waals surface area contributed by atoms with E-state index in [9.17, 15) is 0 Å². The molecule has 0 bridgehead atoms. The Hall–Kier alpha value is -2.70. The van der Waals surface area contributed by atoms with Crippen molar-refractivity contribution >= 4 is 16.8 Å². The number of furan rings is 1. The van der Waals surface area contributed by atoms with Crippen molar-refractivity contribution in [2.75, 3.05) is 0 Å². The summed E-state index contributed by atoms with van der Waals surface area (Å²) in [5.41, 5.74) is 2.20. The molecule has 4 rings (SSSR count). The first-order chi connectivity index (χ1) is 10.4. The van der Waals surface area contributed by atoms with E-state index in [0.29, 0.717) is 17.2 Å². The van der Waals surface area contributed by atoms with Gasteiger partial charge in [0.2, 0.25) is 5.82 Å². The Morgan fingerprint density at radius 1 is 1.33 bits per heavy atom. The maximum atomic E-state index is 5.38. The van der Waals surface area contributed by atoms with Crippen molar-refractivity contribution in [3.05, 3.63) is 30.5 Å². The normalized spacial score (nSPS) is 11.7. The van der Waals surface area contributed by atoms with E-state index in [2.05, 4.69) is 32.0 Å². The van der Waals surface area contributed by atoms with E-state index in [-0.39, 0.29) is 0 Å². The number of hydrogen-bond acceptors (Lipinski definition) is 5. The Kier molecular flexibility index (Phi) is 2.70. The van der Waals surface area contributed by atoms with Crippen LogP contribution in [0.3, 0.4) is 0 Å². The quantitative estimate of drug-likeness (QED) is 0.622. The zero-order chi connectivity index (χ0) is 14.2. The van der Waals surface area contributed by atoms with Gasteiger partial charge in [0.05, 0.1) is 12.6 Å². The second-order valence-electron chi connectivity index (χ2n) is 4.88. The Bertz CT molecular complexity index is 889. The maximum Gasteiger partial charge on any atom is 0.218 e. The zero-order valence-corrected chi connectivity index (χ0v) is 11.6. The number of nitrogens with zero attached hydrogens (tertiary/aromatic N) is 5. The number of aryl methyl sites for hydroxylation is 1. The van der Waals surface area contributed by atoms with Crippen molar-refractivity contribution in [3.63, 3.8) is 0 Å². The fraction of sp³-hybridized carbons (Fsp3) is 0.286. The van der Waals surface area contributed by atoms with E-state index in [4.69, 9.17) is 4.42 Å². The van der Waals surface area contributed by atoms with Crippen LogP contribution in [-0.4, -0.2) is 29.5 Å². The molecule has 7 nitrogen and oxygen atoms in total. The zero-order valence-electron chi connectivity index (χ0n) is 11.6. The van der Waals surface area contributed by atoms with Gasteiger partial charge in [0.15, 0.2) is 17.1 Å². The molecule has 0 aliphatic heterocycles. The van der Waals surface area contributed by atoms with Crippen LogP contribution in [0.2, 0.25) is 0 Å². The SMILES string of the molecule is CCCCc1nc2nc[nH]c2c2nc(-c3ccco3)nn12. The first-order valence-electron chi connectivity index (χ1n) is 6.99. The molecule has 106 valence electrons. The molecule has 0 radical (unpaired) electrons. The van der Waals surface area contributed by atoms with E-state index in [1.165, 1.54) is 0 Å². The second kappa shape index (κ2) is 4.69. The lowest BCUT2D eigenvalue weighted by atomic mass is 10.2. The van der Waals surface area contributed by atoms with Crippen molar-refractivity contribution < 1.29 is 4.42 Å². The number of aromatic nitrogens is 6. The lowest BCUT2D eigenvalue weighted by Gasteiger charge is -2.02. The monoisotopic (exact) mass is 282 g/mol. The summed E-state index contributed by atoms with van der Waals surface area (Å²) in [6.45, 7) is 2.15. The molecule has 0 saturated heterocycles. The van der Waals surface area contributed by atoms with Crippen molar-refractivity contribution in [1.29, 1.82) is 0 Å². The average molecular weight is 282 g/mol. The Labute approximate surface area is 120 Å². The smallest absolute Gasteiger partial charge is 0.218 e. The molecule has 0 aliphatic rings. The van der Waals surface area contributed by atoms with Crippen molar-refractivity contribution in [3.8, 4) is 11.6 Å². The molecule has 0 spiro atoms. The van der Waals surface area contributed by atoms with Crippen LogP contribution in [0.4, 0.5) is 0 Å². The van der Waals surface area contributed by atoms with Gasteiger partial charge >= 0.3 is 0 Å². The van der Waals surface area contributed by atoms with Gasteiger partial charge in [-0.15, -0.1) is 5.10 Å². The number of rotatable bonds is 4. The summed E-state index contributed by atoms with van der Waals surface area (Å²) in [5.74, 6) is 2.08. The number of nitrogens with one attached hydrogen (secondary N) is 1.